The van der Waals surface area contributed by atoms with E-state index in [-0.39, 0.29) is 4.90 Å². The molecule has 0 atom stereocenters. The predicted molar refractivity (Wildman–Crippen MR) is 64.7 cm³/mol. The Labute approximate surface area is 103 Å². The van der Waals surface area contributed by atoms with Crippen molar-refractivity contribution in [3.63, 3.8) is 0 Å². The van der Waals surface area contributed by atoms with Crippen LogP contribution in [0.4, 0.5) is 0 Å². The van der Waals surface area contributed by atoms with Gasteiger partial charge < -0.3 is 0 Å². The molecule has 0 fully saturated rings. The second-order valence-electron chi connectivity index (χ2n) is 3.07. The number of benzene rings is 1. The molecule has 1 rings (SSSR count). The van der Waals surface area contributed by atoms with Crippen molar-refractivity contribution >= 4 is 37.6 Å². The number of halogens is 2. The fourth-order valence-corrected chi connectivity index (χ4v) is 3.14. The molecule has 1 aromatic rings. The summed E-state index contributed by atoms with van der Waals surface area (Å²) in [4.78, 5) is 0.223. The third-order valence-electron chi connectivity index (χ3n) is 1.99. The highest BCUT2D eigenvalue weighted by molar-refractivity contribution is 9.10. The van der Waals surface area contributed by atoms with Crippen LogP contribution in [0, 0.1) is 6.92 Å². The van der Waals surface area contributed by atoms with E-state index >= 15 is 0 Å². The number of hydrogen-bond acceptors (Lipinski definition) is 2. The molecule has 0 unspecified atom stereocenters. The Hall–Kier alpha value is -0.100. The molecular weight excluding hydrogens is 302 g/mol. The SMILES string of the molecule is CNS(=O)(=O)c1cc(CCl)cc(C)c1Br. The number of aryl methyl sites for hydroxylation is 1. The maximum absolute atomic E-state index is 11.7. The quantitative estimate of drug-likeness (QED) is 0.871. The van der Waals surface area contributed by atoms with Gasteiger partial charge in [-0.2, -0.15) is 0 Å². The van der Waals surface area contributed by atoms with Crippen LogP contribution in [0.15, 0.2) is 21.5 Å². The molecule has 15 heavy (non-hydrogen) atoms. The van der Waals surface area contributed by atoms with Crippen molar-refractivity contribution < 1.29 is 8.42 Å². The van der Waals surface area contributed by atoms with Crippen molar-refractivity contribution in [1.82, 2.24) is 4.72 Å². The summed E-state index contributed by atoms with van der Waals surface area (Å²) >= 11 is 8.94. The van der Waals surface area contributed by atoms with Crippen molar-refractivity contribution in [3.8, 4) is 0 Å². The first-order chi connectivity index (χ1) is 6.92. The van der Waals surface area contributed by atoms with Crippen LogP contribution in [0.25, 0.3) is 0 Å². The minimum Gasteiger partial charge on any atom is -0.214 e. The molecule has 0 aliphatic rings. The average molecular weight is 313 g/mol. The van der Waals surface area contributed by atoms with Crippen molar-refractivity contribution in [3.05, 3.63) is 27.7 Å². The molecule has 0 amide bonds. The summed E-state index contributed by atoms with van der Waals surface area (Å²) < 4.78 is 26.2. The van der Waals surface area contributed by atoms with Gasteiger partial charge in [-0.05, 0) is 47.1 Å². The summed E-state index contributed by atoms with van der Waals surface area (Å²) in [6.45, 7) is 1.83. The van der Waals surface area contributed by atoms with Gasteiger partial charge in [0.05, 0.1) is 4.90 Å². The highest BCUT2D eigenvalue weighted by Gasteiger charge is 2.17. The number of nitrogens with one attached hydrogen (secondary N) is 1. The number of alkyl halides is 1. The second-order valence-corrected chi connectivity index (χ2v) is 5.98. The minimum atomic E-state index is -3.44. The monoisotopic (exact) mass is 311 g/mol. The lowest BCUT2D eigenvalue weighted by molar-refractivity contribution is 0.587. The minimum absolute atomic E-state index is 0.223. The Morgan fingerprint density at radius 1 is 1.47 bits per heavy atom. The molecule has 0 bridgehead atoms. The van der Waals surface area contributed by atoms with E-state index in [1.54, 1.807) is 6.07 Å². The predicted octanol–water partition coefficient (Wildman–Crippen LogP) is 2.40. The molecule has 0 saturated carbocycles. The van der Waals surface area contributed by atoms with Crippen molar-refractivity contribution in [1.29, 1.82) is 0 Å². The van der Waals surface area contributed by atoms with Crippen LogP contribution < -0.4 is 4.72 Å². The van der Waals surface area contributed by atoms with E-state index in [1.165, 1.54) is 7.05 Å². The zero-order chi connectivity index (χ0) is 11.6. The average Bonchev–Trinajstić information content (AvgIpc) is 2.21. The summed E-state index contributed by atoms with van der Waals surface area (Å²) in [7, 11) is -2.06. The van der Waals surface area contributed by atoms with E-state index in [4.69, 9.17) is 11.6 Å². The highest BCUT2D eigenvalue weighted by atomic mass is 79.9. The smallest absolute Gasteiger partial charge is 0.214 e. The summed E-state index contributed by atoms with van der Waals surface area (Å²) in [6.07, 6.45) is 0. The highest BCUT2D eigenvalue weighted by Crippen LogP contribution is 2.27. The summed E-state index contributed by atoms with van der Waals surface area (Å²) in [5.74, 6) is 0.292. The standard InChI is InChI=1S/C9H11BrClNO2S/c1-6-3-7(5-11)4-8(9(6)10)15(13,14)12-2/h3-4,12H,5H2,1-2H3. The Kier molecular flexibility index (Phi) is 4.17. The normalized spacial score (nSPS) is 11.7. The van der Waals surface area contributed by atoms with E-state index < -0.39 is 10.0 Å². The molecule has 0 aromatic heterocycles. The Balaban J connectivity index is 3.48. The molecule has 0 spiro atoms. The van der Waals surface area contributed by atoms with Crippen molar-refractivity contribution in [2.45, 2.75) is 17.7 Å². The van der Waals surface area contributed by atoms with Gasteiger partial charge in [0.25, 0.3) is 0 Å². The van der Waals surface area contributed by atoms with Crippen LogP contribution in [0.5, 0.6) is 0 Å². The van der Waals surface area contributed by atoms with Gasteiger partial charge >= 0.3 is 0 Å². The topological polar surface area (TPSA) is 46.2 Å². The Morgan fingerprint density at radius 2 is 2.07 bits per heavy atom. The molecule has 0 aliphatic carbocycles. The molecule has 1 N–H and O–H groups in total. The third-order valence-corrected chi connectivity index (χ3v) is 5.06. The number of hydrogen-bond donors (Lipinski definition) is 1. The lowest BCUT2D eigenvalue weighted by Gasteiger charge is -2.09. The van der Waals surface area contributed by atoms with Gasteiger partial charge in [0.1, 0.15) is 0 Å². The van der Waals surface area contributed by atoms with Gasteiger partial charge in [-0.1, -0.05) is 6.07 Å². The summed E-state index contributed by atoms with van der Waals surface area (Å²) in [5.41, 5.74) is 1.63. The lowest BCUT2D eigenvalue weighted by atomic mass is 10.2. The zero-order valence-electron chi connectivity index (χ0n) is 8.34. The van der Waals surface area contributed by atoms with Crippen LogP contribution in [0.3, 0.4) is 0 Å². The first kappa shape index (κ1) is 13.0. The Morgan fingerprint density at radius 3 is 2.53 bits per heavy atom. The van der Waals surface area contributed by atoms with Crippen LogP contribution in [0.1, 0.15) is 11.1 Å². The maximum atomic E-state index is 11.7. The van der Waals surface area contributed by atoms with Crippen LogP contribution in [-0.4, -0.2) is 15.5 Å². The fraction of sp³-hybridized carbons (Fsp3) is 0.333. The molecule has 0 radical (unpaired) electrons. The van der Waals surface area contributed by atoms with Crippen LogP contribution in [0.2, 0.25) is 0 Å². The van der Waals surface area contributed by atoms with Gasteiger partial charge in [0.2, 0.25) is 10.0 Å². The molecule has 84 valence electrons. The fourth-order valence-electron chi connectivity index (χ4n) is 1.19. The van der Waals surface area contributed by atoms with Gasteiger partial charge in [0.15, 0.2) is 0 Å². The van der Waals surface area contributed by atoms with E-state index in [1.807, 2.05) is 13.0 Å². The van der Waals surface area contributed by atoms with Crippen LogP contribution >= 0.6 is 27.5 Å². The summed E-state index contributed by atoms with van der Waals surface area (Å²) in [6, 6.07) is 3.42. The van der Waals surface area contributed by atoms with Gasteiger partial charge in [0, 0.05) is 10.4 Å². The lowest BCUT2D eigenvalue weighted by Crippen LogP contribution is -2.19. The second kappa shape index (κ2) is 4.82. The largest absolute Gasteiger partial charge is 0.241 e. The van der Waals surface area contributed by atoms with Gasteiger partial charge in [-0.15, -0.1) is 11.6 Å². The molecule has 1 aromatic carbocycles. The first-order valence-electron chi connectivity index (χ1n) is 4.21. The van der Waals surface area contributed by atoms with E-state index in [9.17, 15) is 8.42 Å². The van der Waals surface area contributed by atoms with Gasteiger partial charge in [-0.3, -0.25) is 0 Å². The third kappa shape index (κ3) is 2.72. The molecule has 0 saturated heterocycles. The molecular formula is C9H11BrClNO2S. The molecule has 0 aliphatic heterocycles. The number of sulfonamides is 1. The molecule has 6 heteroatoms. The molecule has 3 nitrogen and oxygen atoms in total. The van der Waals surface area contributed by atoms with Crippen LogP contribution in [-0.2, 0) is 15.9 Å². The van der Waals surface area contributed by atoms with Gasteiger partial charge in [-0.25, -0.2) is 13.1 Å². The van der Waals surface area contributed by atoms with Crippen molar-refractivity contribution in [2.75, 3.05) is 7.05 Å². The summed E-state index contributed by atoms with van der Waals surface area (Å²) in [5, 5.41) is 0. The van der Waals surface area contributed by atoms with E-state index in [0.29, 0.717) is 10.4 Å². The maximum Gasteiger partial charge on any atom is 0.241 e. The van der Waals surface area contributed by atoms with E-state index in [0.717, 1.165) is 11.1 Å². The zero-order valence-corrected chi connectivity index (χ0v) is 11.5. The molecule has 0 heterocycles. The Bertz CT molecular complexity index is 473. The van der Waals surface area contributed by atoms with Crippen molar-refractivity contribution in [2.24, 2.45) is 0 Å². The van der Waals surface area contributed by atoms with E-state index in [2.05, 4.69) is 20.7 Å². The number of rotatable bonds is 3. The first-order valence-corrected chi connectivity index (χ1v) is 7.02.